The first-order valence-corrected chi connectivity index (χ1v) is 21.8. The lowest BCUT2D eigenvalue weighted by atomic mass is 9.70. The first kappa shape index (κ1) is 35.5. The van der Waals surface area contributed by atoms with Crippen LogP contribution in [0.3, 0.4) is 0 Å². The molecule has 0 saturated carbocycles. The Hall–Kier alpha value is -8.20. The molecule has 1 heterocycles. The largest absolute Gasteiger partial charge is 0.455 e. The first-order valence-electron chi connectivity index (χ1n) is 21.8. The van der Waals surface area contributed by atoms with Crippen molar-refractivity contribution in [3.05, 3.63) is 259 Å². The third-order valence-corrected chi connectivity index (χ3v) is 13.5. The molecule has 0 atom stereocenters. The molecule has 63 heavy (non-hydrogen) atoms. The average Bonchev–Trinajstić information content (AvgIpc) is 4.00. The summed E-state index contributed by atoms with van der Waals surface area (Å²) < 4.78 is 6.67. The van der Waals surface area contributed by atoms with E-state index in [1.807, 2.05) is 6.07 Å². The quantitative estimate of drug-likeness (QED) is 0.167. The van der Waals surface area contributed by atoms with Crippen LogP contribution in [0.25, 0.3) is 77.6 Å². The van der Waals surface area contributed by atoms with E-state index >= 15 is 0 Å². The molecule has 0 unspecified atom stereocenters. The molecular formula is C61H39NO. The van der Waals surface area contributed by atoms with Crippen LogP contribution in [0.15, 0.2) is 241 Å². The minimum atomic E-state index is -0.473. The van der Waals surface area contributed by atoms with Crippen LogP contribution < -0.4 is 4.90 Å². The van der Waals surface area contributed by atoms with Crippen LogP contribution in [0.5, 0.6) is 0 Å². The molecule has 1 spiro atoms. The number of nitrogens with zero attached hydrogens (tertiary/aromatic N) is 1. The van der Waals surface area contributed by atoms with Gasteiger partial charge in [0, 0.05) is 33.2 Å². The Morgan fingerprint density at radius 3 is 1.57 bits per heavy atom. The standard InChI is InChI=1S/C61H39NO/c1-3-17-40(18-4-1)41-33-36-44(37-34-41)62(57-39-43(35-38-45(57)42-19-5-2-6-20-42)46-25-15-26-50-49-23-10-14-32-58(49)63-60(46)50)56-31-16-30-55-59(56)51-24-9-13-29-54(51)61(55)52-27-11-7-21-47(52)48-22-8-12-28-53(48)61/h1-39H. The van der Waals surface area contributed by atoms with Crippen molar-refractivity contribution in [1.82, 2.24) is 0 Å². The number of benzene rings is 10. The fourth-order valence-electron chi connectivity index (χ4n) is 10.9. The summed E-state index contributed by atoms with van der Waals surface area (Å²) in [6.45, 7) is 0. The van der Waals surface area contributed by atoms with E-state index in [2.05, 4.69) is 235 Å². The minimum absolute atomic E-state index is 0.473. The van der Waals surface area contributed by atoms with Crippen molar-refractivity contribution in [3.8, 4) is 55.6 Å². The monoisotopic (exact) mass is 801 g/mol. The second-order valence-electron chi connectivity index (χ2n) is 16.7. The van der Waals surface area contributed by atoms with Gasteiger partial charge < -0.3 is 9.32 Å². The highest BCUT2D eigenvalue weighted by atomic mass is 16.3. The predicted octanol–water partition coefficient (Wildman–Crippen LogP) is 16.4. The fraction of sp³-hybridized carbons (Fsp3) is 0.0164. The summed E-state index contributed by atoms with van der Waals surface area (Å²) in [7, 11) is 0. The Kier molecular flexibility index (Phi) is 7.85. The van der Waals surface area contributed by atoms with E-state index in [1.54, 1.807) is 0 Å². The van der Waals surface area contributed by atoms with E-state index in [9.17, 15) is 0 Å². The van der Waals surface area contributed by atoms with Gasteiger partial charge in [-0.05, 0) is 91.5 Å². The molecule has 0 amide bonds. The van der Waals surface area contributed by atoms with Crippen molar-refractivity contribution >= 4 is 39.0 Å². The van der Waals surface area contributed by atoms with Gasteiger partial charge in [0.25, 0.3) is 0 Å². The van der Waals surface area contributed by atoms with E-state index in [0.717, 1.165) is 61.3 Å². The maximum atomic E-state index is 6.67. The van der Waals surface area contributed by atoms with Crippen LogP contribution in [0.1, 0.15) is 22.3 Å². The molecule has 11 aromatic rings. The molecule has 0 fully saturated rings. The maximum Gasteiger partial charge on any atom is 0.143 e. The van der Waals surface area contributed by atoms with Gasteiger partial charge in [0.05, 0.1) is 16.8 Å². The van der Waals surface area contributed by atoms with Crippen LogP contribution in [0.4, 0.5) is 17.1 Å². The molecule has 2 heteroatoms. The molecule has 0 saturated heterocycles. The Bertz CT molecular complexity index is 3520. The van der Waals surface area contributed by atoms with Gasteiger partial charge in [0.15, 0.2) is 0 Å². The van der Waals surface area contributed by atoms with Crippen LogP contribution in [-0.2, 0) is 5.41 Å². The normalized spacial score (nSPS) is 12.9. The zero-order valence-electron chi connectivity index (χ0n) is 34.4. The summed E-state index contributed by atoms with van der Waals surface area (Å²) in [5.74, 6) is 0. The minimum Gasteiger partial charge on any atom is -0.455 e. The molecule has 2 aliphatic rings. The summed E-state index contributed by atoms with van der Waals surface area (Å²) in [5.41, 5.74) is 21.8. The number of furan rings is 1. The van der Waals surface area contributed by atoms with E-state index < -0.39 is 5.41 Å². The molecule has 0 radical (unpaired) electrons. The first-order chi connectivity index (χ1) is 31.3. The summed E-state index contributed by atoms with van der Waals surface area (Å²) in [6, 6.07) is 86.5. The molecule has 2 aliphatic carbocycles. The highest BCUT2D eigenvalue weighted by Gasteiger charge is 2.52. The molecule has 10 aromatic carbocycles. The van der Waals surface area contributed by atoms with Crippen molar-refractivity contribution in [1.29, 1.82) is 0 Å². The van der Waals surface area contributed by atoms with Gasteiger partial charge >= 0.3 is 0 Å². The number of anilines is 3. The van der Waals surface area contributed by atoms with Crippen molar-refractivity contribution in [2.45, 2.75) is 5.41 Å². The third-order valence-electron chi connectivity index (χ3n) is 13.5. The lowest BCUT2D eigenvalue weighted by Gasteiger charge is -2.32. The van der Waals surface area contributed by atoms with Crippen molar-refractivity contribution in [2.24, 2.45) is 0 Å². The van der Waals surface area contributed by atoms with E-state index in [4.69, 9.17) is 4.42 Å². The molecule has 1 aromatic heterocycles. The lowest BCUT2D eigenvalue weighted by Crippen LogP contribution is -2.26. The van der Waals surface area contributed by atoms with Crippen molar-refractivity contribution in [3.63, 3.8) is 0 Å². The number of rotatable bonds is 6. The van der Waals surface area contributed by atoms with Gasteiger partial charge in [-0.3, -0.25) is 0 Å². The zero-order chi connectivity index (χ0) is 41.5. The molecule has 0 N–H and O–H groups in total. The van der Waals surface area contributed by atoms with Gasteiger partial charge in [-0.25, -0.2) is 0 Å². The molecule has 2 nitrogen and oxygen atoms in total. The van der Waals surface area contributed by atoms with Crippen molar-refractivity contribution < 1.29 is 4.42 Å². The Morgan fingerprint density at radius 1 is 0.317 bits per heavy atom. The van der Waals surface area contributed by atoms with E-state index in [0.29, 0.717) is 0 Å². The summed E-state index contributed by atoms with van der Waals surface area (Å²) in [5, 5.41) is 2.24. The van der Waals surface area contributed by atoms with Crippen LogP contribution in [0, 0.1) is 0 Å². The SMILES string of the molecule is c1ccc(-c2ccc(N(c3cc(-c4cccc5c4oc4ccccc45)ccc3-c3ccccc3)c3cccc4c3-c3ccccc3C43c4ccccc4-c4ccccc43)cc2)cc1. The zero-order valence-corrected chi connectivity index (χ0v) is 34.4. The topological polar surface area (TPSA) is 16.4 Å². The van der Waals surface area contributed by atoms with Gasteiger partial charge in [0.2, 0.25) is 0 Å². The molecule has 0 bridgehead atoms. The van der Waals surface area contributed by atoms with Crippen LogP contribution >= 0.6 is 0 Å². The second kappa shape index (κ2) is 13.9. The third kappa shape index (κ3) is 5.19. The van der Waals surface area contributed by atoms with Gasteiger partial charge in [0.1, 0.15) is 11.2 Å². The Balaban J connectivity index is 1.12. The molecule has 294 valence electrons. The fourth-order valence-corrected chi connectivity index (χ4v) is 10.9. The average molecular weight is 802 g/mol. The number of hydrogen-bond acceptors (Lipinski definition) is 2. The maximum absolute atomic E-state index is 6.67. The van der Waals surface area contributed by atoms with Gasteiger partial charge in [-0.15, -0.1) is 0 Å². The van der Waals surface area contributed by atoms with E-state index in [-0.39, 0.29) is 0 Å². The number of hydrogen-bond donors (Lipinski definition) is 0. The molecule has 0 aliphatic heterocycles. The van der Waals surface area contributed by atoms with Gasteiger partial charge in [-0.1, -0.05) is 206 Å². The second-order valence-corrected chi connectivity index (χ2v) is 16.7. The highest BCUT2D eigenvalue weighted by molar-refractivity contribution is 6.10. The number of para-hydroxylation sites is 2. The van der Waals surface area contributed by atoms with E-state index in [1.165, 1.54) is 55.6 Å². The molecule has 13 rings (SSSR count). The summed E-state index contributed by atoms with van der Waals surface area (Å²) >= 11 is 0. The molecular weight excluding hydrogens is 763 g/mol. The summed E-state index contributed by atoms with van der Waals surface area (Å²) in [6.07, 6.45) is 0. The predicted molar refractivity (Wildman–Crippen MR) is 261 cm³/mol. The summed E-state index contributed by atoms with van der Waals surface area (Å²) in [4.78, 5) is 2.51. The smallest absolute Gasteiger partial charge is 0.143 e. The lowest BCUT2D eigenvalue weighted by molar-refractivity contribution is 0.670. The Labute approximate surface area is 366 Å². The highest BCUT2D eigenvalue weighted by Crippen LogP contribution is 2.65. The van der Waals surface area contributed by atoms with Crippen LogP contribution in [-0.4, -0.2) is 0 Å². The number of fused-ring (bicyclic) bond motifs is 13. The van der Waals surface area contributed by atoms with Crippen molar-refractivity contribution in [2.75, 3.05) is 4.90 Å². The van der Waals surface area contributed by atoms with Crippen LogP contribution in [0.2, 0.25) is 0 Å². The Morgan fingerprint density at radius 2 is 0.841 bits per heavy atom. The van der Waals surface area contributed by atoms with Gasteiger partial charge in [-0.2, -0.15) is 0 Å².